The Hall–Kier alpha value is -3.65. The molecule has 3 rings (SSSR count). The summed E-state index contributed by atoms with van der Waals surface area (Å²) in [5.74, 6) is -0.864. The van der Waals surface area contributed by atoms with E-state index in [1.807, 2.05) is 26.8 Å². The molecule has 0 heterocycles. The zero-order valence-corrected chi connectivity index (χ0v) is 20.4. The molecule has 0 saturated carbocycles. The molecule has 0 unspecified atom stereocenters. The summed E-state index contributed by atoms with van der Waals surface area (Å²) in [5.41, 5.74) is 2.72. The Morgan fingerprint density at radius 1 is 0.882 bits per heavy atom. The summed E-state index contributed by atoms with van der Waals surface area (Å²) >= 11 is 0. The number of benzene rings is 3. The molecular formula is C26H29N3O4S. The smallest absolute Gasteiger partial charge is 0.264 e. The van der Waals surface area contributed by atoms with Crippen LogP contribution in [0.3, 0.4) is 0 Å². The Bertz CT molecular complexity index is 1270. The van der Waals surface area contributed by atoms with Crippen molar-refractivity contribution in [2.24, 2.45) is 0 Å². The van der Waals surface area contributed by atoms with Crippen LogP contribution in [0.2, 0.25) is 0 Å². The lowest BCUT2D eigenvalue weighted by atomic mass is 10.1. The van der Waals surface area contributed by atoms with E-state index in [2.05, 4.69) is 10.6 Å². The van der Waals surface area contributed by atoms with Crippen molar-refractivity contribution in [2.45, 2.75) is 32.1 Å². The normalized spacial score (nSPS) is 11.0. The number of carbonyl (C=O) groups is 2. The predicted molar refractivity (Wildman–Crippen MR) is 135 cm³/mol. The van der Waals surface area contributed by atoms with E-state index in [0.29, 0.717) is 23.5 Å². The minimum atomic E-state index is -4.03. The fourth-order valence-corrected chi connectivity index (χ4v) is 4.97. The summed E-state index contributed by atoms with van der Waals surface area (Å²) in [6, 6.07) is 20.0. The van der Waals surface area contributed by atoms with Crippen molar-refractivity contribution < 1.29 is 18.0 Å². The van der Waals surface area contributed by atoms with Gasteiger partial charge in [0.15, 0.2) is 0 Å². The predicted octanol–water partition coefficient (Wildman–Crippen LogP) is 4.28. The molecule has 8 heteroatoms. The molecular weight excluding hydrogens is 450 g/mol. The van der Waals surface area contributed by atoms with Gasteiger partial charge in [-0.25, -0.2) is 8.42 Å². The van der Waals surface area contributed by atoms with Gasteiger partial charge in [0.1, 0.15) is 6.54 Å². The van der Waals surface area contributed by atoms with E-state index in [1.165, 1.54) is 12.1 Å². The Kier molecular flexibility index (Phi) is 8.07. The highest BCUT2D eigenvalue weighted by Gasteiger charge is 2.28. The average Bonchev–Trinajstić information content (AvgIpc) is 2.84. The first-order valence-electron chi connectivity index (χ1n) is 11.1. The van der Waals surface area contributed by atoms with Crippen molar-refractivity contribution in [1.29, 1.82) is 0 Å². The number of sulfonamides is 1. The maximum atomic E-state index is 13.6. The van der Waals surface area contributed by atoms with E-state index in [0.717, 1.165) is 21.9 Å². The highest BCUT2D eigenvalue weighted by molar-refractivity contribution is 7.92. The van der Waals surface area contributed by atoms with E-state index < -0.39 is 22.5 Å². The number of nitrogens with one attached hydrogen (secondary N) is 2. The van der Waals surface area contributed by atoms with Gasteiger partial charge in [0.2, 0.25) is 5.91 Å². The van der Waals surface area contributed by atoms with Crippen LogP contribution in [0.4, 0.5) is 11.4 Å². The molecule has 0 fully saturated rings. The molecule has 0 spiro atoms. The molecule has 7 nitrogen and oxygen atoms in total. The second kappa shape index (κ2) is 11.0. The highest BCUT2D eigenvalue weighted by Crippen LogP contribution is 2.28. The number of carbonyl (C=O) groups excluding carboxylic acids is 2. The number of para-hydroxylation sites is 1. The summed E-state index contributed by atoms with van der Waals surface area (Å²) in [6.45, 7) is 5.72. The largest absolute Gasteiger partial charge is 0.352 e. The Balaban J connectivity index is 1.95. The van der Waals surface area contributed by atoms with Gasteiger partial charge in [0.25, 0.3) is 15.9 Å². The van der Waals surface area contributed by atoms with Gasteiger partial charge in [-0.3, -0.25) is 13.9 Å². The number of nitrogens with zero attached hydrogens (tertiary/aromatic N) is 1. The van der Waals surface area contributed by atoms with Gasteiger partial charge in [-0.15, -0.1) is 0 Å². The third-order valence-corrected chi connectivity index (χ3v) is 7.22. The highest BCUT2D eigenvalue weighted by atomic mass is 32.2. The van der Waals surface area contributed by atoms with Gasteiger partial charge in [-0.05, 0) is 61.7 Å². The number of hydrogen-bond donors (Lipinski definition) is 2. The summed E-state index contributed by atoms with van der Waals surface area (Å²) in [4.78, 5) is 25.7. The van der Waals surface area contributed by atoms with Gasteiger partial charge in [0.05, 0.1) is 21.8 Å². The van der Waals surface area contributed by atoms with Crippen LogP contribution in [0.1, 0.15) is 34.8 Å². The number of amides is 2. The maximum Gasteiger partial charge on any atom is 0.264 e. The summed E-state index contributed by atoms with van der Waals surface area (Å²) in [5, 5.41) is 5.51. The van der Waals surface area contributed by atoms with Crippen LogP contribution in [-0.4, -0.2) is 33.3 Å². The molecule has 0 aliphatic heterocycles. The van der Waals surface area contributed by atoms with Crippen molar-refractivity contribution in [3.8, 4) is 0 Å². The standard InChI is InChI=1S/C26H29N3O4S/c1-4-17-27-26(31)22-14-8-9-15-23(22)28-25(30)18-29(24-16-10-11-19(2)20(24)3)34(32,33)21-12-6-5-7-13-21/h5-16H,4,17-18H2,1-3H3,(H,27,31)(H,28,30). The molecule has 3 aromatic rings. The lowest BCUT2D eigenvalue weighted by Gasteiger charge is -2.26. The lowest BCUT2D eigenvalue weighted by Crippen LogP contribution is -2.39. The van der Waals surface area contributed by atoms with Gasteiger partial charge in [-0.2, -0.15) is 0 Å². The van der Waals surface area contributed by atoms with Crippen LogP contribution in [0, 0.1) is 13.8 Å². The molecule has 0 aliphatic rings. The zero-order chi connectivity index (χ0) is 24.7. The Labute approximate surface area is 200 Å². The Morgan fingerprint density at radius 3 is 2.26 bits per heavy atom. The third kappa shape index (κ3) is 5.63. The van der Waals surface area contributed by atoms with Crippen LogP contribution >= 0.6 is 0 Å². The van der Waals surface area contributed by atoms with E-state index in [-0.39, 0.29) is 10.8 Å². The van der Waals surface area contributed by atoms with Crippen LogP contribution in [0.25, 0.3) is 0 Å². The first kappa shape index (κ1) is 25.0. The van der Waals surface area contributed by atoms with Gasteiger partial charge >= 0.3 is 0 Å². The van der Waals surface area contributed by atoms with Crippen molar-refractivity contribution in [1.82, 2.24) is 5.32 Å². The van der Waals surface area contributed by atoms with Crippen LogP contribution < -0.4 is 14.9 Å². The number of aryl methyl sites for hydroxylation is 1. The summed E-state index contributed by atoms with van der Waals surface area (Å²) < 4.78 is 28.2. The van der Waals surface area contributed by atoms with Crippen molar-refractivity contribution in [2.75, 3.05) is 22.7 Å². The molecule has 0 saturated heterocycles. The number of hydrogen-bond acceptors (Lipinski definition) is 4. The molecule has 0 atom stereocenters. The Morgan fingerprint density at radius 2 is 1.56 bits per heavy atom. The zero-order valence-electron chi connectivity index (χ0n) is 19.5. The average molecular weight is 480 g/mol. The first-order valence-corrected chi connectivity index (χ1v) is 12.5. The van der Waals surface area contributed by atoms with Crippen LogP contribution in [-0.2, 0) is 14.8 Å². The minimum Gasteiger partial charge on any atom is -0.352 e. The van der Waals surface area contributed by atoms with Gasteiger partial charge < -0.3 is 10.6 Å². The minimum absolute atomic E-state index is 0.0862. The lowest BCUT2D eigenvalue weighted by molar-refractivity contribution is -0.114. The number of anilines is 2. The van der Waals surface area contributed by atoms with Crippen molar-refractivity contribution >= 4 is 33.2 Å². The molecule has 0 bridgehead atoms. The molecule has 2 N–H and O–H groups in total. The van der Waals surface area contributed by atoms with Crippen molar-refractivity contribution in [3.63, 3.8) is 0 Å². The molecule has 0 radical (unpaired) electrons. The number of rotatable bonds is 9. The van der Waals surface area contributed by atoms with Gasteiger partial charge in [-0.1, -0.05) is 49.4 Å². The van der Waals surface area contributed by atoms with Crippen molar-refractivity contribution in [3.05, 3.63) is 89.5 Å². The van der Waals surface area contributed by atoms with Crippen LogP contribution in [0.15, 0.2) is 77.7 Å². The van der Waals surface area contributed by atoms with E-state index in [1.54, 1.807) is 54.6 Å². The fraction of sp³-hybridized carbons (Fsp3) is 0.231. The third-order valence-electron chi connectivity index (χ3n) is 5.44. The van der Waals surface area contributed by atoms with E-state index >= 15 is 0 Å². The monoisotopic (exact) mass is 479 g/mol. The second-order valence-corrected chi connectivity index (χ2v) is 9.76. The molecule has 2 amide bonds. The first-order chi connectivity index (χ1) is 16.3. The van der Waals surface area contributed by atoms with E-state index in [9.17, 15) is 18.0 Å². The SMILES string of the molecule is CCCNC(=O)c1ccccc1NC(=O)CN(c1cccc(C)c1C)S(=O)(=O)c1ccccc1. The van der Waals surface area contributed by atoms with E-state index in [4.69, 9.17) is 0 Å². The quantitative estimate of drug-likeness (QED) is 0.479. The second-order valence-electron chi connectivity index (χ2n) is 7.89. The van der Waals surface area contributed by atoms with Gasteiger partial charge in [0, 0.05) is 6.54 Å². The molecule has 178 valence electrons. The van der Waals surface area contributed by atoms with Crippen LogP contribution in [0.5, 0.6) is 0 Å². The summed E-state index contributed by atoms with van der Waals surface area (Å²) in [6.07, 6.45) is 0.780. The molecule has 0 aromatic heterocycles. The fourth-order valence-electron chi connectivity index (χ4n) is 3.47. The topological polar surface area (TPSA) is 95.6 Å². The molecule has 34 heavy (non-hydrogen) atoms. The maximum absolute atomic E-state index is 13.6. The molecule has 0 aliphatic carbocycles. The summed E-state index contributed by atoms with van der Waals surface area (Å²) in [7, 11) is -4.03. The molecule has 3 aromatic carbocycles.